The fourth-order valence-electron chi connectivity index (χ4n) is 2.40. The molecule has 1 aliphatic rings. The molecule has 0 unspecified atom stereocenters. The summed E-state index contributed by atoms with van der Waals surface area (Å²) >= 11 is 10.2. The van der Waals surface area contributed by atoms with E-state index < -0.39 is 10.0 Å². The lowest BCUT2D eigenvalue weighted by Crippen LogP contribution is -2.35. The van der Waals surface area contributed by atoms with Crippen molar-refractivity contribution in [3.8, 4) is 5.75 Å². The molecule has 21 heavy (non-hydrogen) atoms. The van der Waals surface area contributed by atoms with Gasteiger partial charge >= 0.3 is 0 Å². The Hall–Kier alpha value is -0.760. The van der Waals surface area contributed by atoms with Crippen LogP contribution in [0, 0.1) is 0 Å². The number of sulfonamides is 1. The van der Waals surface area contributed by atoms with Crippen LogP contribution in [0.15, 0.2) is 32.3 Å². The van der Waals surface area contributed by atoms with Crippen molar-refractivity contribution in [1.29, 1.82) is 0 Å². The van der Waals surface area contributed by atoms with Crippen molar-refractivity contribution in [2.24, 2.45) is 0 Å². The number of halogens is 2. The van der Waals surface area contributed by atoms with E-state index in [1.807, 2.05) is 6.07 Å². The van der Waals surface area contributed by atoms with Crippen molar-refractivity contribution >= 4 is 54.6 Å². The molecule has 4 nitrogen and oxygen atoms in total. The molecule has 1 N–H and O–H groups in total. The van der Waals surface area contributed by atoms with Gasteiger partial charge in [0.2, 0.25) is 0 Å². The van der Waals surface area contributed by atoms with E-state index in [0.717, 1.165) is 29.7 Å². The van der Waals surface area contributed by atoms with Gasteiger partial charge in [-0.05, 0) is 46.5 Å². The predicted molar refractivity (Wildman–Crippen MR) is 88.0 cm³/mol. The van der Waals surface area contributed by atoms with Gasteiger partial charge in [0, 0.05) is 6.54 Å². The third-order valence-electron chi connectivity index (χ3n) is 3.32. The number of hydrogen-bond donors (Lipinski definition) is 1. The van der Waals surface area contributed by atoms with Gasteiger partial charge in [0.15, 0.2) is 0 Å². The van der Waals surface area contributed by atoms with E-state index in [1.165, 1.54) is 16.4 Å². The van der Waals surface area contributed by atoms with E-state index in [-0.39, 0.29) is 9.96 Å². The Labute approximate surface area is 140 Å². The van der Waals surface area contributed by atoms with Crippen LogP contribution in [-0.4, -0.2) is 20.1 Å². The van der Waals surface area contributed by atoms with Gasteiger partial charge in [0.1, 0.15) is 9.96 Å². The van der Waals surface area contributed by atoms with E-state index in [1.54, 1.807) is 6.07 Å². The summed E-state index contributed by atoms with van der Waals surface area (Å²) < 4.78 is 27.6. The van der Waals surface area contributed by atoms with Crippen molar-refractivity contribution in [3.05, 3.63) is 38.6 Å². The van der Waals surface area contributed by atoms with Crippen LogP contribution < -0.4 is 4.31 Å². The number of aromatic hydroxyl groups is 1. The number of phenolic OH excluding ortho intramolecular Hbond substituents is 1. The smallest absolute Gasteiger partial charge is 0.274 e. The highest BCUT2D eigenvalue weighted by molar-refractivity contribution is 9.11. The zero-order chi connectivity index (χ0) is 15.2. The Balaban J connectivity index is 2.14. The normalized spacial score (nSPS) is 15.0. The van der Waals surface area contributed by atoms with Crippen LogP contribution in [0.1, 0.15) is 12.0 Å². The Morgan fingerprint density at radius 3 is 2.81 bits per heavy atom. The highest BCUT2D eigenvalue weighted by Gasteiger charge is 2.32. The zero-order valence-corrected chi connectivity index (χ0v) is 14.7. The van der Waals surface area contributed by atoms with E-state index in [4.69, 9.17) is 11.6 Å². The van der Waals surface area contributed by atoms with Gasteiger partial charge in [0.05, 0.1) is 14.5 Å². The number of aryl methyl sites for hydroxylation is 1. The van der Waals surface area contributed by atoms with Crippen molar-refractivity contribution in [1.82, 2.24) is 0 Å². The van der Waals surface area contributed by atoms with Gasteiger partial charge in [-0.15, -0.1) is 11.3 Å². The first kappa shape index (κ1) is 15.1. The summed E-state index contributed by atoms with van der Waals surface area (Å²) in [6.45, 7) is 0.347. The molecule has 1 aromatic carbocycles. The monoisotopic (exact) mass is 407 g/mol. The van der Waals surface area contributed by atoms with Gasteiger partial charge in [-0.2, -0.15) is 0 Å². The third kappa shape index (κ3) is 2.56. The summed E-state index contributed by atoms with van der Waals surface area (Å²) in [5.41, 5.74) is 1.22. The first-order valence-electron chi connectivity index (χ1n) is 6.19. The molecule has 0 atom stereocenters. The molecule has 2 heterocycles. The topological polar surface area (TPSA) is 57.6 Å². The van der Waals surface area contributed by atoms with E-state index >= 15 is 0 Å². The minimum Gasteiger partial charge on any atom is -0.506 e. The minimum absolute atomic E-state index is 0.0162. The molecule has 1 aromatic heterocycles. The molecular weight excluding hydrogens is 398 g/mol. The van der Waals surface area contributed by atoms with Crippen molar-refractivity contribution in [3.63, 3.8) is 0 Å². The van der Waals surface area contributed by atoms with Crippen LogP contribution >= 0.6 is 38.9 Å². The van der Waals surface area contributed by atoms with Gasteiger partial charge in [-0.25, -0.2) is 8.42 Å². The Kier molecular flexibility index (Phi) is 3.94. The largest absolute Gasteiger partial charge is 0.506 e. The number of thiophene rings is 1. The van der Waals surface area contributed by atoms with E-state index in [2.05, 4.69) is 15.9 Å². The third-order valence-corrected chi connectivity index (χ3v) is 8.04. The fourth-order valence-corrected chi connectivity index (χ4v) is 6.46. The van der Waals surface area contributed by atoms with Crippen LogP contribution in [0.5, 0.6) is 5.75 Å². The maximum absolute atomic E-state index is 12.8. The number of fused-ring (bicyclic) bond motifs is 1. The van der Waals surface area contributed by atoms with Crippen molar-refractivity contribution < 1.29 is 13.5 Å². The van der Waals surface area contributed by atoms with Crippen LogP contribution in [-0.2, 0) is 16.4 Å². The van der Waals surface area contributed by atoms with Gasteiger partial charge in [-0.1, -0.05) is 23.7 Å². The maximum Gasteiger partial charge on any atom is 0.274 e. The average Bonchev–Trinajstić information content (AvgIpc) is 2.79. The Bertz CT molecular complexity index is 784. The van der Waals surface area contributed by atoms with Crippen molar-refractivity contribution in [2.45, 2.75) is 17.1 Å². The highest BCUT2D eigenvalue weighted by atomic mass is 79.9. The summed E-state index contributed by atoms with van der Waals surface area (Å²) in [5, 5.41) is 10.4. The fraction of sp³-hybridized carbons (Fsp3) is 0.231. The summed E-state index contributed by atoms with van der Waals surface area (Å²) in [5.74, 6) is -0.0162. The lowest BCUT2D eigenvalue weighted by Gasteiger charge is -2.30. The Morgan fingerprint density at radius 1 is 1.38 bits per heavy atom. The molecule has 112 valence electrons. The highest BCUT2D eigenvalue weighted by Crippen LogP contribution is 2.42. The van der Waals surface area contributed by atoms with Gasteiger partial charge < -0.3 is 5.11 Å². The summed E-state index contributed by atoms with van der Waals surface area (Å²) in [6, 6.07) is 6.50. The average molecular weight is 409 g/mol. The number of nitrogens with zero attached hydrogens (tertiary/aromatic N) is 1. The standard InChI is InChI=1S/C13H11BrClNO3S2/c14-13-9(15)7-11(20-13)21(18,19)16-6-2-4-8-3-1-5-10(17)12(8)16/h1,3,5,7,17H,2,4,6H2. The molecule has 0 saturated carbocycles. The molecule has 0 aliphatic carbocycles. The van der Waals surface area contributed by atoms with Gasteiger partial charge in [-0.3, -0.25) is 4.31 Å². The summed E-state index contributed by atoms with van der Waals surface area (Å²) in [6.07, 6.45) is 1.47. The first-order chi connectivity index (χ1) is 9.91. The lowest BCUT2D eigenvalue weighted by atomic mass is 10.0. The molecule has 3 rings (SSSR count). The quantitative estimate of drug-likeness (QED) is 0.817. The molecule has 0 bridgehead atoms. The maximum atomic E-state index is 12.8. The molecule has 0 spiro atoms. The second-order valence-corrected chi connectivity index (χ2v) is 9.52. The Morgan fingerprint density at radius 2 is 2.14 bits per heavy atom. The predicted octanol–water partition coefficient (Wildman–Crippen LogP) is 4.01. The summed E-state index contributed by atoms with van der Waals surface area (Å²) in [7, 11) is -3.72. The number of benzene rings is 1. The SMILES string of the molecule is O=S(=O)(c1cc(Cl)c(Br)s1)N1CCCc2cccc(O)c21. The molecule has 2 aromatic rings. The van der Waals surface area contributed by atoms with E-state index in [0.29, 0.717) is 21.0 Å². The molecule has 8 heteroatoms. The zero-order valence-electron chi connectivity index (χ0n) is 10.7. The van der Waals surface area contributed by atoms with E-state index in [9.17, 15) is 13.5 Å². The second kappa shape index (κ2) is 5.46. The number of rotatable bonds is 2. The van der Waals surface area contributed by atoms with Crippen molar-refractivity contribution in [2.75, 3.05) is 10.8 Å². The molecular formula is C13H11BrClNO3S2. The van der Waals surface area contributed by atoms with Crippen LogP contribution in [0.3, 0.4) is 0 Å². The number of hydrogen-bond acceptors (Lipinski definition) is 4. The van der Waals surface area contributed by atoms with Crippen LogP contribution in [0.25, 0.3) is 0 Å². The van der Waals surface area contributed by atoms with Crippen LogP contribution in [0.4, 0.5) is 5.69 Å². The second-order valence-electron chi connectivity index (χ2n) is 4.65. The van der Waals surface area contributed by atoms with Gasteiger partial charge in [0.25, 0.3) is 10.0 Å². The molecule has 0 fully saturated rings. The number of phenols is 1. The minimum atomic E-state index is -3.72. The van der Waals surface area contributed by atoms with Crippen LogP contribution in [0.2, 0.25) is 5.02 Å². The number of para-hydroxylation sites is 1. The lowest BCUT2D eigenvalue weighted by molar-refractivity contribution is 0.473. The summed E-state index contributed by atoms with van der Waals surface area (Å²) in [4.78, 5) is 0. The number of anilines is 1. The molecule has 0 radical (unpaired) electrons. The molecule has 0 amide bonds. The first-order valence-corrected chi connectivity index (χ1v) is 9.62. The molecule has 1 aliphatic heterocycles. The molecule has 0 saturated heterocycles.